The lowest BCUT2D eigenvalue weighted by Gasteiger charge is -2.15. The van der Waals surface area contributed by atoms with Gasteiger partial charge in [0.15, 0.2) is 0 Å². The molecule has 0 saturated heterocycles. The molecule has 1 unspecified atom stereocenters. The summed E-state index contributed by atoms with van der Waals surface area (Å²) >= 11 is 0. The first-order valence-corrected chi connectivity index (χ1v) is 6.45. The van der Waals surface area contributed by atoms with Crippen LogP contribution < -0.4 is 16.0 Å². The van der Waals surface area contributed by atoms with E-state index in [2.05, 4.69) is 22.9 Å². The van der Waals surface area contributed by atoms with Gasteiger partial charge in [-0.1, -0.05) is 13.3 Å². The molecular weight excluding hydrogens is 232 g/mol. The molecule has 3 N–H and O–H groups in total. The standard InChI is InChI=1S/C12H26N4O2/c1-5-6-7-14-11(17)10(2)13-8-9-15-12(18)16(3)4/h10,13H,5-9H2,1-4H3,(H,14,17)(H,15,18). The Balaban J connectivity index is 3.60. The maximum absolute atomic E-state index is 11.6. The van der Waals surface area contributed by atoms with Gasteiger partial charge in [-0.3, -0.25) is 4.79 Å². The lowest BCUT2D eigenvalue weighted by Crippen LogP contribution is -2.45. The van der Waals surface area contributed by atoms with E-state index in [1.54, 1.807) is 14.1 Å². The highest BCUT2D eigenvalue weighted by molar-refractivity contribution is 5.81. The highest BCUT2D eigenvalue weighted by Gasteiger charge is 2.10. The molecule has 1 atom stereocenters. The molecule has 0 aliphatic rings. The van der Waals surface area contributed by atoms with Crippen LogP contribution in [0.4, 0.5) is 4.79 Å². The summed E-state index contributed by atoms with van der Waals surface area (Å²) in [4.78, 5) is 24.3. The molecule has 0 saturated carbocycles. The smallest absolute Gasteiger partial charge is 0.316 e. The normalized spacial score (nSPS) is 11.8. The van der Waals surface area contributed by atoms with Crippen molar-refractivity contribution in [2.75, 3.05) is 33.7 Å². The third-order valence-corrected chi connectivity index (χ3v) is 2.48. The van der Waals surface area contributed by atoms with E-state index in [-0.39, 0.29) is 18.0 Å². The van der Waals surface area contributed by atoms with Gasteiger partial charge in [-0.25, -0.2) is 4.79 Å². The number of carbonyl (C=O) groups is 2. The van der Waals surface area contributed by atoms with Gasteiger partial charge >= 0.3 is 6.03 Å². The Morgan fingerprint density at radius 2 is 1.78 bits per heavy atom. The van der Waals surface area contributed by atoms with Crippen molar-refractivity contribution < 1.29 is 9.59 Å². The van der Waals surface area contributed by atoms with Crippen LogP contribution in [-0.2, 0) is 4.79 Å². The third-order valence-electron chi connectivity index (χ3n) is 2.48. The number of nitrogens with zero attached hydrogens (tertiary/aromatic N) is 1. The minimum atomic E-state index is -0.238. The van der Waals surface area contributed by atoms with Gasteiger partial charge in [0.2, 0.25) is 5.91 Å². The van der Waals surface area contributed by atoms with E-state index in [0.29, 0.717) is 13.1 Å². The van der Waals surface area contributed by atoms with Crippen LogP contribution >= 0.6 is 0 Å². The Kier molecular flexibility index (Phi) is 9.00. The van der Waals surface area contributed by atoms with Crippen molar-refractivity contribution >= 4 is 11.9 Å². The summed E-state index contributed by atoms with van der Waals surface area (Å²) in [6, 6.07) is -0.366. The molecule has 0 aliphatic carbocycles. The number of carbonyl (C=O) groups excluding carboxylic acids is 2. The molecule has 0 heterocycles. The number of rotatable bonds is 8. The number of nitrogens with one attached hydrogen (secondary N) is 3. The van der Waals surface area contributed by atoms with Gasteiger partial charge < -0.3 is 20.9 Å². The van der Waals surface area contributed by atoms with Crippen LogP contribution in [0.15, 0.2) is 0 Å². The Morgan fingerprint density at radius 1 is 1.11 bits per heavy atom. The quantitative estimate of drug-likeness (QED) is 0.543. The molecular formula is C12H26N4O2. The van der Waals surface area contributed by atoms with E-state index in [1.165, 1.54) is 4.90 Å². The minimum Gasteiger partial charge on any atom is -0.355 e. The van der Waals surface area contributed by atoms with Crippen LogP contribution in [0.1, 0.15) is 26.7 Å². The van der Waals surface area contributed by atoms with Crippen LogP contribution in [0.25, 0.3) is 0 Å². The van der Waals surface area contributed by atoms with Gasteiger partial charge in [0.1, 0.15) is 0 Å². The number of hydrogen-bond donors (Lipinski definition) is 3. The SMILES string of the molecule is CCCCNC(=O)C(C)NCCNC(=O)N(C)C. The second kappa shape index (κ2) is 9.70. The van der Waals surface area contributed by atoms with E-state index in [4.69, 9.17) is 0 Å². The number of amides is 3. The summed E-state index contributed by atoms with van der Waals surface area (Å²) in [5.41, 5.74) is 0. The van der Waals surface area contributed by atoms with Crippen molar-refractivity contribution in [1.29, 1.82) is 0 Å². The monoisotopic (exact) mass is 258 g/mol. The summed E-state index contributed by atoms with van der Waals surface area (Å²) in [6.07, 6.45) is 2.07. The number of hydrogen-bond acceptors (Lipinski definition) is 3. The van der Waals surface area contributed by atoms with Gasteiger partial charge in [-0.05, 0) is 13.3 Å². The maximum Gasteiger partial charge on any atom is 0.316 e. The first kappa shape index (κ1) is 16.7. The van der Waals surface area contributed by atoms with Crippen molar-refractivity contribution in [1.82, 2.24) is 20.9 Å². The predicted octanol–water partition coefficient (Wildman–Crippen LogP) is 0.152. The van der Waals surface area contributed by atoms with Gasteiger partial charge in [-0.15, -0.1) is 0 Å². The molecule has 0 rings (SSSR count). The fraction of sp³-hybridized carbons (Fsp3) is 0.833. The molecule has 6 heteroatoms. The van der Waals surface area contributed by atoms with Crippen molar-refractivity contribution in [2.24, 2.45) is 0 Å². The Labute approximate surface area is 109 Å². The zero-order valence-corrected chi connectivity index (χ0v) is 11.9. The molecule has 0 aromatic heterocycles. The van der Waals surface area contributed by atoms with E-state index in [1.807, 2.05) is 6.92 Å². The van der Waals surface area contributed by atoms with Gasteiger partial charge in [0.05, 0.1) is 6.04 Å². The van der Waals surface area contributed by atoms with Gasteiger partial charge in [0.25, 0.3) is 0 Å². The van der Waals surface area contributed by atoms with E-state index >= 15 is 0 Å². The summed E-state index contributed by atoms with van der Waals surface area (Å²) in [7, 11) is 3.37. The van der Waals surface area contributed by atoms with Gasteiger partial charge in [0, 0.05) is 33.7 Å². The number of unbranched alkanes of at least 4 members (excludes halogenated alkanes) is 1. The fourth-order valence-electron chi connectivity index (χ4n) is 1.25. The molecule has 0 spiro atoms. The van der Waals surface area contributed by atoms with Gasteiger partial charge in [-0.2, -0.15) is 0 Å². The van der Waals surface area contributed by atoms with Crippen LogP contribution in [0.2, 0.25) is 0 Å². The van der Waals surface area contributed by atoms with Crippen molar-refractivity contribution in [2.45, 2.75) is 32.7 Å². The summed E-state index contributed by atoms with van der Waals surface area (Å²) < 4.78 is 0. The van der Waals surface area contributed by atoms with E-state index in [0.717, 1.165) is 19.4 Å². The lowest BCUT2D eigenvalue weighted by molar-refractivity contribution is -0.122. The Morgan fingerprint density at radius 3 is 2.33 bits per heavy atom. The topological polar surface area (TPSA) is 73.5 Å². The van der Waals surface area contributed by atoms with Crippen molar-refractivity contribution in [3.05, 3.63) is 0 Å². The average molecular weight is 258 g/mol. The molecule has 0 radical (unpaired) electrons. The Hall–Kier alpha value is -1.30. The molecule has 106 valence electrons. The van der Waals surface area contributed by atoms with E-state index < -0.39 is 0 Å². The summed E-state index contributed by atoms with van der Waals surface area (Å²) in [5.74, 6) is 0.00221. The summed E-state index contributed by atoms with van der Waals surface area (Å²) in [5, 5.41) is 8.63. The van der Waals surface area contributed by atoms with Crippen molar-refractivity contribution in [3.63, 3.8) is 0 Å². The average Bonchev–Trinajstić information content (AvgIpc) is 2.33. The third kappa shape index (κ3) is 7.89. The number of urea groups is 1. The minimum absolute atomic E-state index is 0.00221. The largest absolute Gasteiger partial charge is 0.355 e. The molecule has 0 bridgehead atoms. The fourth-order valence-corrected chi connectivity index (χ4v) is 1.25. The zero-order chi connectivity index (χ0) is 14.0. The van der Waals surface area contributed by atoms with Crippen molar-refractivity contribution in [3.8, 4) is 0 Å². The Bertz CT molecular complexity index is 256. The molecule has 3 amide bonds. The molecule has 0 aromatic rings. The molecule has 0 fully saturated rings. The summed E-state index contributed by atoms with van der Waals surface area (Å²) in [6.45, 7) is 5.70. The highest BCUT2D eigenvalue weighted by Crippen LogP contribution is 1.85. The van der Waals surface area contributed by atoms with E-state index in [9.17, 15) is 9.59 Å². The lowest BCUT2D eigenvalue weighted by atomic mass is 10.3. The van der Waals surface area contributed by atoms with Crippen LogP contribution in [0.5, 0.6) is 0 Å². The predicted molar refractivity (Wildman–Crippen MR) is 72.5 cm³/mol. The molecule has 18 heavy (non-hydrogen) atoms. The first-order chi connectivity index (χ1) is 8.49. The first-order valence-electron chi connectivity index (χ1n) is 6.45. The zero-order valence-electron chi connectivity index (χ0n) is 11.9. The highest BCUT2D eigenvalue weighted by atomic mass is 16.2. The van der Waals surface area contributed by atoms with Crippen LogP contribution in [0, 0.1) is 0 Å². The van der Waals surface area contributed by atoms with Crippen LogP contribution in [-0.4, -0.2) is 56.6 Å². The molecule has 6 nitrogen and oxygen atoms in total. The van der Waals surface area contributed by atoms with Crippen LogP contribution in [0.3, 0.4) is 0 Å². The molecule has 0 aromatic carbocycles. The second-order valence-electron chi connectivity index (χ2n) is 4.45. The maximum atomic E-state index is 11.6. The second-order valence-corrected chi connectivity index (χ2v) is 4.45. The molecule has 0 aliphatic heterocycles.